The molecule has 1 aromatic carbocycles. The number of hydrogen-bond donors (Lipinski definition) is 2. The molecule has 0 atom stereocenters. The van der Waals surface area contributed by atoms with Crippen LogP contribution in [0.4, 0.5) is 5.69 Å². The van der Waals surface area contributed by atoms with Crippen molar-refractivity contribution in [1.29, 1.82) is 0 Å². The predicted octanol–water partition coefficient (Wildman–Crippen LogP) is 1.53. The van der Waals surface area contributed by atoms with E-state index in [2.05, 4.69) is 21.5 Å². The van der Waals surface area contributed by atoms with Gasteiger partial charge < -0.3 is 5.11 Å². The Hall–Kier alpha value is -2.36. The molecule has 6 heteroatoms. The molecule has 108 valence electrons. The Kier molecular flexibility index (Phi) is 4.58. The fourth-order valence-corrected chi connectivity index (χ4v) is 2.75. The average Bonchev–Trinajstić information content (AvgIpc) is 2.49. The maximum atomic E-state index is 12.3. The maximum Gasteiger partial charge on any atom is 0.263 e. The van der Waals surface area contributed by atoms with Crippen LogP contribution in [0.3, 0.4) is 0 Å². The molecule has 0 saturated heterocycles. The van der Waals surface area contributed by atoms with Crippen LogP contribution in [0.25, 0.3) is 0 Å². The zero-order chi connectivity index (χ0) is 15.3. The van der Waals surface area contributed by atoms with Crippen LogP contribution >= 0.6 is 0 Å². The average molecular weight is 302 g/mol. The topological polar surface area (TPSA) is 79.3 Å². The summed E-state index contributed by atoms with van der Waals surface area (Å²) < 4.78 is 27.0. The van der Waals surface area contributed by atoms with E-state index in [0.717, 1.165) is 5.56 Å². The molecule has 2 rings (SSSR count). The van der Waals surface area contributed by atoms with E-state index in [0.29, 0.717) is 11.3 Å². The van der Waals surface area contributed by atoms with Gasteiger partial charge in [0.15, 0.2) is 0 Å². The van der Waals surface area contributed by atoms with E-state index in [9.17, 15) is 8.42 Å². The first-order chi connectivity index (χ1) is 10.0. The highest BCUT2D eigenvalue weighted by Gasteiger charge is 2.15. The van der Waals surface area contributed by atoms with Crippen LogP contribution in [-0.2, 0) is 10.0 Å². The van der Waals surface area contributed by atoms with E-state index in [1.54, 1.807) is 31.2 Å². The van der Waals surface area contributed by atoms with Crippen molar-refractivity contribution in [2.24, 2.45) is 0 Å². The van der Waals surface area contributed by atoms with Gasteiger partial charge in [0.05, 0.1) is 5.69 Å². The molecule has 1 aromatic heterocycles. The highest BCUT2D eigenvalue weighted by Crippen LogP contribution is 2.20. The second-order valence-electron chi connectivity index (χ2n) is 4.28. The van der Waals surface area contributed by atoms with Crippen LogP contribution < -0.4 is 4.72 Å². The zero-order valence-electron chi connectivity index (χ0n) is 11.4. The minimum Gasteiger partial charge on any atom is -0.384 e. The van der Waals surface area contributed by atoms with Gasteiger partial charge >= 0.3 is 0 Å². The summed E-state index contributed by atoms with van der Waals surface area (Å²) in [4.78, 5) is 3.90. The largest absolute Gasteiger partial charge is 0.384 e. The number of aryl methyl sites for hydroxylation is 1. The van der Waals surface area contributed by atoms with E-state index in [1.165, 1.54) is 18.5 Å². The number of rotatable bonds is 3. The van der Waals surface area contributed by atoms with Crippen molar-refractivity contribution < 1.29 is 13.5 Å². The van der Waals surface area contributed by atoms with Crippen LogP contribution in [0.2, 0.25) is 0 Å². The number of aromatic nitrogens is 1. The van der Waals surface area contributed by atoms with Gasteiger partial charge in [0.1, 0.15) is 11.5 Å². The summed E-state index contributed by atoms with van der Waals surface area (Å²) >= 11 is 0. The fraction of sp³-hybridized carbons (Fsp3) is 0.133. The third-order valence-electron chi connectivity index (χ3n) is 2.74. The highest BCUT2D eigenvalue weighted by molar-refractivity contribution is 7.92. The summed E-state index contributed by atoms with van der Waals surface area (Å²) in [5, 5.41) is 8.69. The van der Waals surface area contributed by atoms with Gasteiger partial charge in [-0.2, -0.15) is 0 Å². The van der Waals surface area contributed by atoms with Gasteiger partial charge in [-0.15, -0.1) is 0 Å². The quantitative estimate of drug-likeness (QED) is 0.843. The Balaban J connectivity index is 2.35. The Morgan fingerprint density at radius 2 is 2.14 bits per heavy atom. The van der Waals surface area contributed by atoms with Gasteiger partial charge in [0.2, 0.25) is 0 Å². The van der Waals surface area contributed by atoms with Gasteiger partial charge in [-0.1, -0.05) is 17.9 Å². The van der Waals surface area contributed by atoms with Gasteiger partial charge in [-0.05, 0) is 36.8 Å². The van der Waals surface area contributed by atoms with Crippen molar-refractivity contribution >= 4 is 15.7 Å². The van der Waals surface area contributed by atoms with Crippen LogP contribution in [-0.4, -0.2) is 25.1 Å². The number of nitrogens with one attached hydrogen (secondary N) is 1. The molecule has 0 unspecified atom stereocenters. The third kappa shape index (κ3) is 3.81. The Labute approximate surface area is 123 Å². The number of anilines is 1. The van der Waals surface area contributed by atoms with E-state index in [1.807, 2.05) is 0 Å². The number of pyridine rings is 1. The molecule has 2 aromatic rings. The molecule has 0 aliphatic rings. The molecule has 0 fully saturated rings. The molecule has 0 bridgehead atoms. The lowest BCUT2D eigenvalue weighted by molar-refractivity contribution is 0.350. The van der Waals surface area contributed by atoms with Crippen LogP contribution in [0, 0.1) is 18.8 Å². The monoisotopic (exact) mass is 302 g/mol. The summed E-state index contributed by atoms with van der Waals surface area (Å²) in [6.07, 6.45) is 2.79. The second-order valence-corrected chi connectivity index (χ2v) is 5.97. The number of sulfonamides is 1. The van der Waals surface area contributed by atoms with Crippen molar-refractivity contribution in [3.05, 3.63) is 53.9 Å². The van der Waals surface area contributed by atoms with Crippen molar-refractivity contribution in [3.8, 4) is 11.8 Å². The first-order valence-electron chi connectivity index (χ1n) is 6.16. The summed E-state index contributed by atoms with van der Waals surface area (Å²) in [6.45, 7) is 1.55. The molecule has 2 N–H and O–H groups in total. The van der Waals surface area contributed by atoms with Crippen LogP contribution in [0.15, 0.2) is 47.6 Å². The molecule has 0 radical (unpaired) electrons. The molecular formula is C15H14N2O3S. The van der Waals surface area contributed by atoms with Gasteiger partial charge in [0, 0.05) is 18.0 Å². The summed E-state index contributed by atoms with van der Waals surface area (Å²) in [5.74, 6) is 5.26. The van der Waals surface area contributed by atoms with Gasteiger partial charge in [-0.25, -0.2) is 8.42 Å². The number of aliphatic hydroxyl groups excluding tert-OH is 1. The Bertz CT molecular complexity index is 791. The summed E-state index contributed by atoms with van der Waals surface area (Å²) in [5.41, 5.74) is 1.85. The first-order valence-corrected chi connectivity index (χ1v) is 7.64. The van der Waals surface area contributed by atoms with Crippen molar-refractivity contribution in [3.63, 3.8) is 0 Å². The van der Waals surface area contributed by atoms with E-state index in [-0.39, 0.29) is 11.5 Å². The van der Waals surface area contributed by atoms with Gasteiger partial charge in [0.25, 0.3) is 10.0 Å². The lowest BCUT2D eigenvalue weighted by Gasteiger charge is -2.10. The lowest BCUT2D eigenvalue weighted by Crippen LogP contribution is -2.14. The Morgan fingerprint density at radius 1 is 1.33 bits per heavy atom. The molecule has 0 spiro atoms. The summed E-state index contributed by atoms with van der Waals surface area (Å²) in [6, 6.07) is 8.19. The SMILES string of the molecule is Cc1ccc(C#CCO)cc1NS(=O)(=O)c1cccnc1. The molecule has 1 heterocycles. The molecule has 0 aliphatic heterocycles. The third-order valence-corrected chi connectivity index (χ3v) is 4.09. The Morgan fingerprint density at radius 3 is 2.81 bits per heavy atom. The first kappa shape index (κ1) is 15.0. The molecule has 0 saturated carbocycles. The predicted molar refractivity (Wildman–Crippen MR) is 80.2 cm³/mol. The number of benzene rings is 1. The normalized spacial score (nSPS) is 10.6. The van der Waals surface area contributed by atoms with Crippen molar-refractivity contribution in [1.82, 2.24) is 4.98 Å². The highest BCUT2D eigenvalue weighted by atomic mass is 32.2. The van der Waals surface area contributed by atoms with Gasteiger partial charge in [-0.3, -0.25) is 9.71 Å². The standard InChI is InChI=1S/C15H14N2O3S/c1-12-6-7-13(4-3-9-18)10-15(12)17-21(19,20)14-5-2-8-16-11-14/h2,5-8,10-11,17-18H,9H2,1H3. The van der Waals surface area contributed by atoms with Crippen LogP contribution in [0.1, 0.15) is 11.1 Å². The second kappa shape index (κ2) is 6.39. The molecular weight excluding hydrogens is 288 g/mol. The van der Waals surface area contributed by atoms with Crippen molar-refractivity contribution in [2.75, 3.05) is 11.3 Å². The summed E-state index contributed by atoms with van der Waals surface area (Å²) in [7, 11) is -3.68. The van der Waals surface area contributed by atoms with Crippen molar-refractivity contribution in [2.45, 2.75) is 11.8 Å². The van der Waals surface area contributed by atoms with E-state index >= 15 is 0 Å². The minimum absolute atomic E-state index is 0.0937. The molecule has 0 aliphatic carbocycles. The number of hydrogen-bond acceptors (Lipinski definition) is 4. The lowest BCUT2D eigenvalue weighted by atomic mass is 10.1. The molecule has 0 amide bonds. The molecule has 5 nitrogen and oxygen atoms in total. The maximum absolute atomic E-state index is 12.3. The smallest absolute Gasteiger partial charge is 0.263 e. The van der Waals surface area contributed by atoms with E-state index < -0.39 is 10.0 Å². The van der Waals surface area contributed by atoms with Crippen LogP contribution in [0.5, 0.6) is 0 Å². The zero-order valence-corrected chi connectivity index (χ0v) is 12.2. The van der Waals surface area contributed by atoms with E-state index in [4.69, 9.17) is 5.11 Å². The molecule has 21 heavy (non-hydrogen) atoms. The number of aliphatic hydroxyl groups is 1. The fourth-order valence-electron chi connectivity index (χ4n) is 1.66. The minimum atomic E-state index is -3.68. The number of nitrogens with zero attached hydrogens (tertiary/aromatic N) is 1.